The number of nitrogens with two attached hydrogens (primary N) is 1. The number of hydrogen-bond donors (Lipinski definition) is 1. The number of benzene rings is 1. The summed E-state index contributed by atoms with van der Waals surface area (Å²) < 4.78 is 16.8. The van der Waals surface area contributed by atoms with Crippen LogP contribution in [0.1, 0.15) is 26.6 Å². The summed E-state index contributed by atoms with van der Waals surface area (Å²) in [5, 5.41) is 0. The van der Waals surface area contributed by atoms with Crippen molar-refractivity contribution in [1.29, 1.82) is 0 Å². The van der Waals surface area contributed by atoms with Gasteiger partial charge >= 0.3 is 0 Å². The van der Waals surface area contributed by atoms with Crippen LogP contribution >= 0.6 is 15.9 Å². The lowest BCUT2D eigenvalue weighted by Gasteiger charge is -2.11. The molecule has 0 atom stereocenters. The number of hydrogen-bond acceptors (Lipinski definition) is 2. The third-order valence-electron chi connectivity index (χ3n) is 3.13. The van der Waals surface area contributed by atoms with Gasteiger partial charge in [0.2, 0.25) is 0 Å². The number of imidazole rings is 1. The van der Waals surface area contributed by atoms with Crippen molar-refractivity contribution < 1.29 is 4.39 Å². The molecule has 0 fully saturated rings. The van der Waals surface area contributed by atoms with E-state index in [1.807, 2.05) is 11.5 Å². The van der Waals surface area contributed by atoms with Gasteiger partial charge in [0.05, 0.1) is 0 Å². The van der Waals surface area contributed by atoms with E-state index in [1.165, 1.54) is 6.07 Å². The predicted octanol–water partition coefficient (Wildman–Crippen LogP) is 4.25. The highest BCUT2D eigenvalue weighted by molar-refractivity contribution is 9.10. The summed E-state index contributed by atoms with van der Waals surface area (Å²) in [6, 6.07) is 4.81. The molecule has 2 rings (SSSR count). The van der Waals surface area contributed by atoms with Crippen LogP contribution in [0.2, 0.25) is 0 Å². The van der Waals surface area contributed by atoms with Crippen LogP contribution in [0.4, 0.5) is 10.2 Å². The van der Waals surface area contributed by atoms with Gasteiger partial charge in [-0.1, -0.05) is 36.7 Å². The summed E-state index contributed by atoms with van der Waals surface area (Å²) in [5.74, 6) is 1.58. The van der Waals surface area contributed by atoms with Gasteiger partial charge in [-0.25, -0.2) is 9.37 Å². The molecule has 2 N–H and O–H groups in total. The molecule has 0 unspecified atom stereocenters. The quantitative estimate of drug-likeness (QED) is 0.904. The first-order valence-electron chi connectivity index (χ1n) is 6.74. The van der Waals surface area contributed by atoms with Crippen molar-refractivity contribution in [2.45, 2.75) is 33.7 Å². The number of aryl methyl sites for hydroxylation is 1. The number of nitrogen functional groups attached to an aromatic ring is 1. The van der Waals surface area contributed by atoms with Crippen LogP contribution in [-0.2, 0) is 13.0 Å². The highest BCUT2D eigenvalue weighted by Crippen LogP contribution is 2.31. The van der Waals surface area contributed by atoms with E-state index >= 15 is 0 Å². The predicted molar refractivity (Wildman–Crippen MR) is 83.9 cm³/mol. The molecule has 1 aromatic heterocycles. The van der Waals surface area contributed by atoms with Gasteiger partial charge in [0, 0.05) is 23.0 Å². The minimum atomic E-state index is -0.309. The maximum absolute atomic E-state index is 14.0. The van der Waals surface area contributed by atoms with Gasteiger partial charge in [0.1, 0.15) is 23.2 Å². The third kappa shape index (κ3) is 2.87. The van der Waals surface area contributed by atoms with Crippen LogP contribution in [0.3, 0.4) is 0 Å². The summed E-state index contributed by atoms with van der Waals surface area (Å²) in [6.07, 6.45) is 0.770. The number of anilines is 1. The maximum Gasteiger partial charge on any atom is 0.132 e. The first-order chi connectivity index (χ1) is 9.43. The lowest BCUT2D eigenvalue weighted by molar-refractivity contribution is 0.513. The van der Waals surface area contributed by atoms with E-state index in [0.717, 1.165) is 23.3 Å². The van der Waals surface area contributed by atoms with E-state index in [0.29, 0.717) is 23.0 Å². The Hall–Kier alpha value is -1.36. The molecule has 0 saturated heterocycles. The molecule has 20 heavy (non-hydrogen) atoms. The fraction of sp³-hybridized carbons (Fsp3) is 0.400. The number of halogens is 2. The van der Waals surface area contributed by atoms with Crippen molar-refractivity contribution in [2.75, 3.05) is 5.73 Å². The first kappa shape index (κ1) is 15.0. The van der Waals surface area contributed by atoms with Gasteiger partial charge in [0.15, 0.2) is 0 Å². The second kappa shape index (κ2) is 5.95. The van der Waals surface area contributed by atoms with Gasteiger partial charge in [-0.3, -0.25) is 0 Å². The molecule has 0 amide bonds. The molecule has 5 heteroatoms. The molecule has 1 heterocycles. The zero-order chi connectivity index (χ0) is 14.9. The smallest absolute Gasteiger partial charge is 0.132 e. The standard InChI is InChI=1S/C15H19BrFN3/c1-4-13-19-14(15(18)20(13)8-9(2)3)11-7-10(16)5-6-12(11)17/h5-7,9H,4,8,18H2,1-3H3. The van der Waals surface area contributed by atoms with E-state index in [2.05, 4.69) is 34.8 Å². The van der Waals surface area contributed by atoms with Crippen molar-refractivity contribution in [3.05, 3.63) is 34.3 Å². The van der Waals surface area contributed by atoms with Crippen molar-refractivity contribution >= 4 is 21.7 Å². The van der Waals surface area contributed by atoms with Crippen LogP contribution in [0.25, 0.3) is 11.3 Å². The van der Waals surface area contributed by atoms with Crippen molar-refractivity contribution in [3.63, 3.8) is 0 Å². The Balaban J connectivity index is 2.57. The van der Waals surface area contributed by atoms with Crippen LogP contribution in [0, 0.1) is 11.7 Å². The van der Waals surface area contributed by atoms with Gasteiger partial charge < -0.3 is 10.3 Å². The summed E-state index contributed by atoms with van der Waals surface area (Å²) >= 11 is 3.36. The molecule has 0 saturated carbocycles. The zero-order valence-corrected chi connectivity index (χ0v) is 13.5. The Labute approximate surface area is 127 Å². The van der Waals surface area contributed by atoms with E-state index in [-0.39, 0.29) is 5.82 Å². The van der Waals surface area contributed by atoms with Crippen molar-refractivity contribution in [2.24, 2.45) is 5.92 Å². The number of aromatic nitrogens is 2. The topological polar surface area (TPSA) is 43.8 Å². The number of rotatable bonds is 4. The molecular formula is C15H19BrFN3. The molecule has 3 nitrogen and oxygen atoms in total. The molecule has 0 aliphatic heterocycles. The average molecular weight is 340 g/mol. The summed E-state index contributed by atoms with van der Waals surface area (Å²) in [5.41, 5.74) is 7.17. The largest absolute Gasteiger partial charge is 0.383 e. The Kier molecular flexibility index (Phi) is 4.48. The lowest BCUT2D eigenvalue weighted by atomic mass is 10.1. The molecule has 0 spiro atoms. The summed E-state index contributed by atoms with van der Waals surface area (Å²) in [4.78, 5) is 4.53. The zero-order valence-electron chi connectivity index (χ0n) is 12.0. The molecule has 0 aliphatic rings. The number of nitrogens with zero attached hydrogens (tertiary/aromatic N) is 2. The highest BCUT2D eigenvalue weighted by atomic mass is 79.9. The Morgan fingerprint density at radius 2 is 2.10 bits per heavy atom. The molecular weight excluding hydrogens is 321 g/mol. The average Bonchev–Trinajstić information content (AvgIpc) is 2.69. The molecule has 0 radical (unpaired) electrons. The SMILES string of the molecule is CCc1nc(-c2cc(Br)ccc2F)c(N)n1CC(C)C. The minimum absolute atomic E-state index is 0.309. The van der Waals surface area contributed by atoms with Crippen LogP contribution < -0.4 is 5.73 Å². The molecule has 0 aliphatic carbocycles. The lowest BCUT2D eigenvalue weighted by Crippen LogP contribution is -2.11. The van der Waals surface area contributed by atoms with Crippen molar-refractivity contribution in [1.82, 2.24) is 9.55 Å². The molecule has 1 aromatic carbocycles. The fourth-order valence-electron chi connectivity index (χ4n) is 2.23. The maximum atomic E-state index is 14.0. The van der Waals surface area contributed by atoms with Gasteiger partial charge in [-0.15, -0.1) is 0 Å². The molecule has 2 aromatic rings. The molecule has 0 bridgehead atoms. The molecule has 108 valence electrons. The van der Waals surface area contributed by atoms with Gasteiger partial charge in [-0.05, 0) is 24.1 Å². The van der Waals surface area contributed by atoms with Crippen LogP contribution in [0.15, 0.2) is 22.7 Å². The second-order valence-corrected chi connectivity index (χ2v) is 6.16. The Morgan fingerprint density at radius 3 is 2.70 bits per heavy atom. The third-order valence-corrected chi connectivity index (χ3v) is 3.63. The minimum Gasteiger partial charge on any atom is -0.383 e. The Morgan fingerprint density at radius 1 is 1.40 bits per heavy atom. The van der Waals surface area contributed by atoms with E-state index < -0.39 is 0 Å². The summed E-state index contributed by atoms with van der Waals surface area (Å²) in [7, 11) is 0. The van der Waals surface area contributed by atoms with Gasteiger partial charge in [-0.2, -0.15) is 0 Å². The van der Waals surface area contributed by atoms with E-state index in [1.54, 1.807) is 12.1 Å². The first-order valence-corrected chi connectivity index (χ1v) is 7.53. The van der Waals surface area contributed by atoms with Crippen molar-refractivity contribution in [3.8, 4) is 11.3 Å². The Bertz CT molecular complexity index is 620. The fourth-order valence-corrected chi connectivity index (χ4v) is 2.59. The summed E-state index contributed by atoms with van der Waals surface area (Å²) in [6.45, 7) is 7.06. The monoisotopic (exact) mass is 339 g/mol. The highest BCUT2D eigenvalue weighted by Gasteiger charge is 2.18. The van der Waals surface area contributed by atoms with Gasteiger partial charge in [0.25, 0.3) is 0 Å². The van der Waals surface area contributed by atoms with E-state index in [4.69, 9.17) is 5.73 Å². The normalized spacial score (nSPS) is 11.3. The van der Waals surface area contributed by atoms with Crippen LogP contribution in [0.5, 0.6) is 0 Å². The second-order valence-electron chi connectivity index (χ2n) is 5.24. The van der Waals surface area contributed by atoms with E-state index in [9.17, 15) is 4.39 Å². The van der Waals surface area contributed by atoms with Crippen LogP contribution in [-0.4, -0.2) is 9.55 Å².